The Balaban J connectivity index is 1.70. The van der Waals surface area contributed by atoms with Crippen LogP contribution in [-0.2, 0) is 11.3 Å². The van der Waals surface area contributed by atoms with Crippen molar-refractivity contribution in [3.63, 3.8) is 0 Å². The van der Waals surface area contributed by atoms with Gasteiger partial charge in [-0.25, -0.2) is 0 Å². The molecule has 128 valence electrons. The maximum Gasteiger partial charge on any atom is 0.263 e. The SMILES string of the molecule is CC(Oc1cccc2ccccc12)C(=O)N(C)Cc1ccc(Cl)cc1. The van der Waals surface area contributed by atoms with Crippen LogP contribution in [0.5, 0.6) is 5.75 Å². The van der Waals surface area contributed by atoms with E-state index in [1.165, 1.54) is 0 Å². The zero-order chi connectivity index (χ0) is 17.8. The molecule has 0 aliphatic rings. The molecule has 1 atom stereocenters. The summed E-state index contributed by atoms with van der Waals surface area (Å²) >= 11 is 5.90. The molecule has 0 bridgehead atoms. The van der Waals surface area contributed by atoms with Gasteiger partial charge in [0.1, 0.15) is 5.75 Å². The number of amides is 1. The van der Waals surface area contributed by atoms with Gasteiger partial charge in [-0.15, -0.1) is 0 Å². The van der Waals surface area contributed by atoms with E-state index in [2.05, 4.69) is 0 Å². The molecule has 3 rings (SSSR count). The number of fused-ring (bicyclic) bond motifs is 1. The molecule has 25 heavy (non-hydrogen) atoms. The van der Waals surface area contributed by atoms with Crippen LogP contribution in [0, 0.1) is 0 Å². The van der Waals surface area contributed by atoms with E-state index in [0.717, 1.165) is 22.1 Å². The van der Waals surface area contributed by atoms with Crippen LogP contribution in [0.1, 0.15) is 12.5 Å². The van der Waals surface area contributed by atoms with Gasteiger partial charge in [0.2, 0.25) is 0 Å². The Morgan fingerprint density at radius 1 is 1.04 bits per heavy atom. The van der Waals surface area contributed by atoms with Gasteiger partial charge < -0.3 is 9.64 Å². The fraction of sp³-hybridized carbons (Fsp3) is 0.190. The van der Waals surface area contributed by atoms with Crippen molar-refractivity contribution in [2.24, 2.45) is 0 Å². The fourth-order valence-electron chi connectivity index (χ4n) is 2.79. The lowest BCUT2D eigenvalue weighted by molar-refractivity contribution is -0.137. The van der Waals surface area contributed by atoms with E-state index in [0.29, 0.717) is 11.6 Å². The van der Waals surface area contributed by atoms with E-state index in [1.54, 1.807) is 18.9 Å². The number of benzene rings is 3. The highest BCUT2D eigenvalue weighted by Gasteiger charge is 2.20. The molecule has 0 aromatic heterocycles. The average Bonchev–Trinajstić information content (AvgIpc) is 2.63. The number of nitrogens with zero attached hydrogens (tertiary/aromatic N) is 1. The smallest absolute Gasteiger partial charge is 0.263 e. The lowest BCUT2D eigenvalue weighted by atomic mass is 10.1. The van der Waals surface area contributed by atoms with Gasteiger partial charge in [-0.2, -0.15) is 0 Å². The lowest BCUT2D eigenvalue weighted by Gasteiger charge is -2.23. The van der Waals surface area contributed by atoms with Gasteiger partial charge in [-0.05, 0) is 36.1 Å². The Morgan fingerprint density at radius 2 is 1.72 bits per heavy atom. The van der Waals surface area contributed by atoms with Gasteiger partial charge in [0.05, 0.1) is 0 Å². The minimum absolute atomic E-state index is 0.0668. The zero-order valence-corrected chi connectivity index (χ0v) is 15.0. The van der Waals surface area contributed by atoms with Gasteiger partial charge >= 0.3 is 0 Å². The first kappa shape index (κ1) is 17.3. The first-order valence-electron chi connectivity index (χ1n) is 8.18. The molecular weight excluding hydrogens is 334 g/mol. The van der Waals surface area contributed by atoms with E-state index in [9.17, 15) is 4.79 Å². The predicted octanol–water partition coefficient (Wildman–Crippen LogP) is 4.92. The second kappa shape index (κ2) is 7.58. The number of hydrogen-bond donors (Lipinski definition) is 0. The van der Waals surface area contributed by atoms with Crippen LogP contribution in [-0.4, -0.2) is 24.0 Å². The first-order valence-corrected chi connectivity index (χ1v) is 8.56. The maximum atomic E-state index is 12.6. The molecule has 0 spiro atoms. The summed E-state index contributed by atoms with van der Waals surface area (Å²) in [6.45, 7) is 2.29. The second-order valence-electron chi connectivity index (χ2n) is 6.06. The molecule has 0 saturated heterocycles. The molecule has 3 nitrogen and oxygen atoms in total. The molecule has 0 saturated carbocycles. The summed E-state index contributed by atoms with van der Waals surface area (Å²) in [5.74, 6) is 0.654. The van der Waals surface area contributed by atoms with Gasteiger partial charge in [0.15, 0.2) is 6.10 Å². The van der Waals surface area contributed by atoms with Crippen molar-refractivity contribution in [3.05, 3.63) is 77.3 Å². The Bertz CT molecular complexity index is 871. The van der Waals surface area contributed by atoms with Crippen molar-refractivity contribution in [2.45, 2.75) is 19.6 Å². The Kier molecular flexibility index (Phi) is 5.25. The van der Waals surface area contributed by atoms with Crippen molar-refractivity contribution >= 4 is 28.3 Å². The van der Waals surface area contributed by atoms with Crippen LogP contribution in [0.3, 0.4) is 0 Å². The summed E-state index contributed by atoms with van der Waals surface area (Å²) in [4.78, 5) is 14.3. The molecule has 0 N–H and O–H groups in total. The van der Waals surface area contributed by atoms with Crippen LogP contribution >= 0.6 is 11.6 Å². The predicted molar refractivity (Wildman–Crippen MR) is 102 cm³/mol. The van der Waals surface area contributed by atoms with E-state index < -0.39 is 6.10 Å². The first-order chi connectivity index (χ1) is 12.0. The largest absolute Gasteiger partial charge is 0.480 e. The van der Waals surface area contributed by atoms with E-state index in [1.807, 2.05) is 66.7 Å². The third kappa shape index (κ3) is 4.12. The number of hydrogen-bond acceptors (Lipinski definition) is 2. The molecule has 0 fully saturated rings. The van der Waals surface area contributed by atoms with E-state index in [-0.39, 0.29) is 5.91 Å². The Labute approximate surface area is 152 Å². The summed E-state index contributed by atoms with van der Waals surface area (Å²) in [7, 11) is 1.78. The number of halogens is 1. The summed E-state index contributed by atoms with van der Waals surface area (Å²) in [5.41, 5.74) is 1.03. The number of ether oxygens (including phenoxy) is 1. The molecule has 1 unspecified atom stereocenters. The molecule has 0 aliphatic carbocycles. The van der Waals surface area contributed by atoms with Gasteiger partial charge in [-0.3, -0.25) is 4.79 Å². The highest BCUT2D eigenvalue weighted by molar-refractivity contribution is 6.30. The van der Waals surface area contributed by atoms with Crippen LogP contribution in [0.4, 0.5) is 0 Å². The van der Waals surface area contributed by atoms with Gasteiger partial charge in [0, 0.05) is 24.0 Å². The molecule has 0 radical (unpaired) electrons. The fourth-order valence-corrected chi connectivity index (χ4v) is 2.92. The molecule has 0 heterocycles. The van der Waals surface area contributed by atoms with Crippen molar-refractivity contribution in [3.8, 4) is 5.75 Å². The topological polar surface area (TPSA) is 29.5 Å². The van der Waals surface area contributed by atoms with E-state index in [4.69, 9.17) is 16.3 Å². The molecule has 4 heteroatoms. The number of likely N-dealkylation sites (N-methyl/N-ethyl adjacent to an activating group) is 1. The summed E-state index contributed by atoms with van der Waals surface area (Å²) in [5, 5.41) is 2.78. The molecule has 0 aliphatic heterocycles. The van der Waals surface area contributed by atoms with Crippen molar-refractivity contribution in [1.82, 2.24) is 4.90 Å². The average molecular weight is 354 g/mol. The quantitative estimate of drug-likeness (QED) is 0.651. The number of carbonyl (C=O) groups is 1. The monoisotopic (exact) mass is 353 g/mol. The summed E-state index contributed by atoms with van der Waals surface area (Å²) in [6.07, 6.45) is -0.567. The molecule has 3 aromatic carbocycles. The summed E-state index contributed by atoms with van der Waals surface area (Å²) < 4.78 is 5.96. The van der Waals surface area contributed by atoms with Gasteiger partial charge in [0.25, 0.3) is 5.91 Å². The van der Waals surface area contributed by atoms with Crippen molar-refractivity contribution in [1.29, 1.82) is 0 Å². The molecular formula is C21H20ClNO2. The Hall–Kier alpha value is -2.52. The van der Waals surface area contributed by atoms with Crippen molar-refractivity contribution in [2.75, 3.05) is 7.05 Å². The Morgan fingerprint density at radius 3 is 2.48 bits per heavy atom. The molecule has 3 aromatic rings. The van der Waals surface area contributed by atoms with Gasteiger partial charge in [-0.1, -0.05) is 60.1 Å². The number of carbonyl (C=O) groups excluding carboxylic acids is 1. The van der Waals surface area contributed by atoms with Crippen molar-refractivity contribution < 1.29 is 9.53 Å². The minimum Gasteiger partial charge on any atom is -0.480 e. The lowest BCUT2D eigenvalue weighted by Crippen LogP contribution is -2.37. The van der Waals surface area contributed by atoms with Crippen LogP contribution in [0.15, 0.2) is 66.7 Å². The van der Waals surface area contributed by atoms with E-state index >= 15 is 0 Å². The third-order valence-corrected chi connectivity index (χ3v) is 4.36. The van der Waals surface area contributed by atoms with Crippen LogP contribution in [0.25, 0.3) is 10.8 Å². The number of rotatable bonds is 5. The standard InChI is InChI=1S/C21H20ClNO2/c1-15(21(24)23(2)14-16-10-12-18(22)13-11-16)25-20-9-5-7-17-6-3-4-8-19(17)20/h3-13,15H,14H2,1-2H3. The molecule has 1 amide bonds. The normalized spacial score (nSPS) is 12.0. The maximum absolute atomic E-state index is 12.6. The zero-order valence-electron chi connectivity index (χ0n) is 14.3. The second-order valence-corrected chi connectivity index (χ2v) is 6.49. The third-order valence-electron chi connectivity index (χ3n) is 4.11. The summed E-state index contributed by atoms with van der Waals surface area (Å²) in [6, 6.07) is 21.3. The highest BCUT2D eigenvalue weighted by Crippen LogP contribution is 2.26. The minimum atomic E-state index is -0.567. The van der Waals surface area contributed by atoms with Crippen LogP contribution in [0.2, 0.25) is 5.02 Å². The highest BCUT2D eigenvalue weighted by atomic mass is 35.5. The van der Waals surface area contributed by atoms with Crippen LogP contribution < -0.4 is 4.74 Å².